The first-order chi connectivity index (χ1) is 13.8. The summed E-state index contributed by atoms with van der Waals surface area (Å²) in [6.07, 6.45) is 3.26. The van der Waals surface area contributed by atoms with Crippen molar-refractivity contribution in [1.82, 2.24) is 4.31 Å². The molecule has 0 bridgehead atoms. The van der Waals surface area contributed by atoms with Gasteiger partial charge in [0, 0.05) is 12.7 Å². The molecular weight excluding hydrogens is 388 g/mol. The molecule has 0 aliphatic carbocycles. The lowest BCUT2D eigenvalue weighted by molar-refractivity contribution is -0.116. The number of unbranched alkanes of at least 4 members (excludes halogenated alkanes) is 1. The number of nitrogens with zero attached hydrogens (tertiary/aromatic N) is 1. The van der Waals surface area contributed by atoms with Crippen LogP contribution in [-0.4, -0.2) is 38.8 Å². The summed E-state index contributed by atoms with van der Waals surface area (Å²) < 4.78 is 32.1. The van der Waals surface area contributed by atoms with Crippen LogP contribution in [0.25, 0.3) is 0 Å². The number of carbonyl (C=O) groups excluding carboxylic acids is 1. The van der Waals surface area contributed by atoms with Crippen molar-refractivity contribution in [1.29, 1.82) is 0 Å². The molecule has 0 aliphatic heterocycles. The Morgan fingerprint density at radius 3 is 2.38 bits per heavy atom. The monoisotopic (exact) mass is 418 g/mol. The van der Waals surface area contributed by atoms with Crippen LogP contribution in [0.2, 0.25) is 0 Å². The van der Waals surface area contributed by atoms with Crippen molar-refractivity contribution in [2.75, 3.05) is 25.5 Å². The van der Waals surface area contributed by atoms with Gasteiger partial charge in [0.05, 0.1) is 18.0 Å². The Morgan fingerprint density at radius 1 is 1.10 bits per heavy atom. The maximum atomic E-state index is 12.8. The molecule has 6 nitrogen and oxygen atoms in total. The fourth-order valence-corrected chi connectivity index (χ4v) is 4.12. The summed E-state index contributed by atoms with van der Waals surface area (Å²) in [5.41, 5.74) is 2.60. The summed E-state index contributed by atoms with van der Waals surface area (Å²) in [4.78, 5) is 12.5. The summed E-state index contributed by atoms with van der Waals surface area (Å²) in [5, 5.41) is 2.75. The third kappa shape index (κ3) is 6.30. The molecule has 0 aliphatic rings. The van der Waals surface area contributed by atoms with Crippen LogP contribution in [0.4, 0.5) is 5.69 Å². The van der Waals surface area contributed by atoms with E-state index >= 15 is 0 Å². The first-order valence-electron chi connectivity index (χ1n) is 9.86. The molecule has 0 fully saturated rings. The van der Waals surface area contributed by atoms with Crippen molar-refractivity contribution in [3.8, 4) is 5.75 Å². The van der Waals surface area contributed by atoms with Crippen LogP contribution in [0.15, 0.2) is 47.4 Å². The average Bonchev–Trinajstić information content (AvgIpc) is 2.69. The van der Waals surface area contributed by atoms with E-state index in [-0.39, 0.29) is 17.3 Å². The van der Waals surface area contributed by atoms with Crippen molar-refractivity contribution < 1.29 is 17.9 Å². The maximum absolute atomic E-state index is 12.8. The number of likely N-dealkylation sites (N-methyl/N-ethyl adjacent to an activating group) is 1. The van der Waals surface area contributed by atoms with Crippen LogP contribution < -0.4 is 10.1 Å². The number of benzene rings is 2. The van der Waals surface area contributed by atoms with Crippen LogP contribution in [0.1, 0.15) is 37.8 Å². The molecule has 1 amide bonds. The summed E-state index contributed by atoms with van der Waals surface area (Å²) >= 11 is 0. The van der Waals surface area contributed by atoms with Crippen LogP contribution in [-0.2, 0) is 21.2 Å². The largest absolute Gasteiger partial charge is 0.494 e. The van der Waals surface area contributed by atoms with E-state index < -0.39 is 10.0 Å². The molecule has 2 rings (SSSR count). The molecule has 0 spiro atoms. The molecule has 0 heterocycles. The SMILES string of the molecule is CCCCc1ccc(NC(=O)CN(C)S(=O)(=O)c2ccc(OCC)c(C)c2)cc1. The first kappa shape index (κ1) is 22.9. The minimum absolute atomic E-state index is 0.133. The molecule has 0 saturated carbocycles. The Labute approximate surface area is 173 Å². The summed E-state index contributed by atoms with van der Waals surface area (Å²) in [6.45, 7) is 6.04. The molecule has 158 valence electrons. The number of ether oxygens (including phenoxy) is 1. The topological polar surface area (TPSA) is 75.7 Å². The van der Waals surface area contributed by atoms with Crippen LogP contribution in [0, 0.1) is 6.92 Å². The molecule has 0 atom stereocenters. The quantitative estimate of drug-likeness (QED) is 0.633. The number of hydrogen-bond acceptors (Lipinski definition) is 4. The molecule has 29 heavy (non-hydrogen) atoms. The molecule has 2 aromatic carbocycles. The lowest BCUT2D eigenvalue weighted by atomic mass is 10.1. The molecule has 0 unspecified atom stereocenters. The third-order valence-electron chi connectivity index (χ3n) is 4.58. The highest BCUT2D eigenvalue weighted by Gasteiger charge is 2.23. The number of sulfonamides is 1. The van der Waals surface area contributed by atoms with E-state index in [1.54, 1.807) is 19.1 Å². The van der Waals surface area contributed by atoms with Gasteiger partial charge in [0.2, 0.25) is 15.9 Å². The van der Waals surface area contributed by atoms with Gasteiger partial charge in [-0.2, -0.15) is 4.31 Å². The minimum Gasteiger partial charge on any atom is -0.494 e. The Hall–Kier alpha value is -2.38. The van der Waals surface area contributed by atoms with Crippen molar-refractivity contribution in [2.45, 2.75) is 44.9 Å². The molecule has 0 saturated heterocycles. The van der Waals surface area contributed by atoms with Gasteiger partial charge in [-0.3, -0.25) is 4.79 Å². The Morgan fingerprint density at radius 2 is 1.79 bits per heavy atom. The van der Waals surface area contributed by atoms with Crippen LogP contribution in [0.3, 0.4) is 0 Å². The Kier molecular flexibility index (Phi) is 8.22. The number of hydrogen-bond donors (Lipinski definition) is 1. The fraction of sp³-hybridized carbons (Fsp3) is 0.409. The Bertz CT molecular complexity index is 924. The second kappa shape index (κ2) is 10.4. The molecular formula is C22H30N2O4S. The first-order valence-corrected chi connectivity index (χ1v) is 11.3. The molecule has 2 aromatic rings. The standard InChI is InChI=1S/C22H30N2O4S/c1-5-7-8-18-9-11-19(12-10-18)23-22(25)16-24(4)29(26,27)20-13-14-21(28-6-2)17(3)15-20/h9-15H,5-8,16H2,1-4H3,(H,23,25). The Balaban J connectivity index is 2.01. The van der Waals surface area contributed by atoms with Gasteiger partial charge in [-0.15, -0.1) is 0 Å². The van der Waals surface area contributed by atoms with E-state index in [1.165, 1.54) is 18.7 Å². The van der Waals surface area contributed by atoms with Gasteiger partial charge < -0.3 is 10.1 Å². The van der Waals surface area contributed by atoms with Gasteiger partial charge in [-0.05, 0) is 68.1 Å². The smallest absolute Gasteiger partial charge is 0.243 e. The van der Waals surface area contributed by atoms with E-state index in [2.05, 4.69) is 12.2 Å². The van der Waals surface area contributed by atoms with Gasteiger partial charge in [-0.25, -0.2) is 8.42 Å². The van der Waals surface area contributed by atoms with E-state index in [4.69, 9.17) is 4.74 Å². The number of amides is 1. The van der Waals surface area contributed by atoms with Gasteiger partial charge in [-0.1, -0.05) is 25.5 Å². The maximum Gasteiger partial charge on any atom is 0.243 e. The fourth-order valence-electron chi connectivity index (χ4n) is 2.90. The summed E-state index contributed by atoms with van der Waals surface area (Å²) in [7, 11) is -2.38. The normalized spacial score (nSPS) is 11.5. The van der Waals surface area contributed by atoms with Gasteiger partial charge in [0.25, 0.3) is 0 Å². The average molecular weight is 419 g/mol. The zero-order chi connectivity index (χ0) is 21.4. The second-order valence-electron chi connectivity index (χ2n) is 6.97. The van der Waals surface area contributed by atoms with Crippen molar-refractivity contribution >= 4 is 21.6 Å². The van der Waals surface area contributed by atoms with Gasteiger partial charge >= 0.3 is 0 Å². The zero-order valence-corrected chi connectivity index (χ0v) is 18.4. The lowest BCUT2D eigenvalue weighted by Crippen LogP contribution is -2.35. The predicted molar refractivity (Wildman–Crippen MR) is 116 cm³/mol. The minimum atomic E-state index is -3.78. The van der Waals surface area contributed by atoms with Crippen molar-refractivity contribution in [3.05, 3.63) is 53.6 Å². The van der Waals surface area contributed by atoms with E-state index in [0.29, 0.717) is 18.0 Å². The molecule has 0 radical (unpaired) electrons. The van der Waals surface area contributed by atoms with E-state index in [1.807, 2.05) is 31.2 Å². The van der Waals surface area contributed by atoms with E-state index in [9.17, 15) is 13.2 Å². The predicted octanol–water partition coefficient (Wildman–Crippen LogP) is 4.00. The van der Waals surface area contributed by atoms with Crippen molar-refractivity contribution in [3.63, 3.8) is 0 Å². The number of carbonyl (C=O) groups is 1. The lowest BCUT2D eigenvalue weighted by Gasteiger charge is -2.18. The van der Waals surface area contributed by atoms with Crippen molar-refractivity contribution in [2.24, 2.45) is 0 Å². The third-order valence-corrected chi connectivity index (χ3v) is 6.38. The highest BCUT2D eigenvalue weighted by Crippen LogP contribution is 2.23. The van der Waals surface area contributed by atoms with Gasteiger partial charge in [0.1, 0.15) is 5.75 Å². The van der Waals surface area contributed by atoms with Crippen LogP contribution in [0.5, 0.6) is 5.75 Å². The number of anilines is 1. The molecule has 1 N–H and O–H groups in total. The molecule has 0 aromatic heterocycles. The van der Waals surface area contributed by atoms with Crippen LogP contribution >= 0.6 is 0 Å². The highest BCUT2D eigenvalue weighted by atomic mass is 32.2. The highest BCUT2D eigenvalue weighted by molar-refractivity contribution is 7.89. The zero-order valence-electron chi connectivity index (χ0n) is 17.6. The van der Waals surface area contributed by atoms with Gasteiger partial charge in [0.15, 0.2) is 0 Å². The summed E-state index contributed by atoms with van der Waals surface area (Å²) in [6, 6.07) is 12.3. The second-order valence-corrected chi connectivity index (χ2v) is 9.01. The summed E-state index contributed by atoms with van der Waals surface area (Å²) in [5.74, 6) is 0.259. The number of nitrogens with one attached hydrogen (secondary N) is 1. The van der Waals surface area contributed by atoms with E-state index in [0.717, 1.165) is 29.1 Å². The number of aryl methyl sites for hydroxylation is 2. The number of rotatable bonds is 10. The molecule has 7 heteroatoms.